The molecule has 3 nitrogen and oxygen atoms in total. The van der Waals surface area contributed by atoms with E-state index >= 15 is 0 Å². The van der Waals surface area contributed by atoms with Crippen molar-refractivity contribution in [1.82, 2.24) is 14.8 Å². The van der Waals surface area contributed by atoms with E-state index in [-0.39, 0.29) is 29.4 Å². The molecule has 1 aliphatic carbocycles. The summed E-state index contributed by atoms with van der Waals surface area (Å²) in [6, 6.07) is 5.80. The number of alkyl halides is 2. The van der Waals surface area contributed by atoms with Gasteiger partial charge in [0.2, 0.25) is 5.16 Å². The second-order valence-corrected chi connectivity index (χ2v) is 7.05. The zero-order valence-electron chi connectivity index (χ0n) is 11.6. The van der Waals surface area contributed by atoms with Gasteiger partial charge in [-0.15, -0.1) is 5.10 Å². The normalized spacial score (nSPS) is 30.1. The van der Waals surface area contributed by atoms with Gasteiger partial charge in [0.25, 0.3) is 0 Å². The molecule has 1 aromatic heterocycles. The highest BCUT2D eigenvalue weighted by Gasteiger charge is 2.37. The number of hydrogen-bond acceptors (Lipinski definition) is 3. The number of fused-ring (bicyclic) bond motifs is 1. The van der Waals surface area contributed by atoms with Crippen molar-refractivity contribution < 1.29 is 13.2 Å². The van der Waals surface area contributed by atoms with Crippen molar-refractivity contribution in [2.24, 2.45) is 0 Å². The minimum Gasteiger partial charge on any atom is -0.247 e. The molecule has 0 bridgehead atoms. The van der Waals surface area contributed by atoms with Gasteiger partial charge in [-0.25, -0.2) is 22.8 Å². The van der Waals surface area contributed by atoms with Crippen LogP contribution in [-0.2, 0) is 0 Å². The minimum absolute atomic E-state index is 0.170. The summed E-state index contributed by atoms with van der Waals surface area (Å²) >= 11 is 1.40. The lowest BCUT2D eigenvalue weighted by molar-refractivity contribution is 0.219. The van der Waals surface area contributed by atoms with Gasteiger partial charge in [-0.3, -0.25) is 0 Å². The smallest absolute Gasteiger partial charge is 0.209 e. The third-order valence-electron chi connectivity index (χ3n) is 4.19. The maximum atomic E-state index is 14.2. The lowest BCUT2D eigenvalue weighted by Gasteiger charge is -2.27. The maximum absolute atomic E-state index is 14.2. The molecule has 22 heavy (non-hydrogen) atoms. The van der Waals surface area contributed by atoms with Crippen molar-refractivity contribution in [2.75, 3.05) is 0 Å². The van der Waals surface area contributed by atoms with Crippen LogP contribution in [0.25, 0.3) is 0 Å². The first-order chi connectivity index (χ1) is 10.6. The molecule has 2 heterocycles. The highest BCUT2D eigenvalue weighted by atomic mass is 32.2. The number of hydrogen-bond donors (Lipinski definition) is 0. The van der Waals surface area contributed by atoms with Crippen molar-refractivity contribution in [3.05, 3.63) is 41.5 Å². The van der Waals surface area contributed by atoms with E-state index in [1.165, 1.54) is 23.9 Å². The van der Waals surface area contributed by atoms with Crippen molar-refractivity contribution in [3.8, 4) is 0 Å². The van der Waals surface area contributed by atoms with Crippen LogP contribution in [-0.4, -0.2) is 26.2 Å². The van der Waals surface area contributed by atoms with Gasteiger partial charge in [0.1, 0.15) is 12.0 Å². The van der Waals surface area contributed by atoms with Crippen LogP contribution < -0.4 is 0 Å². The van der Waals surface area contributed by atoms with Gasteiger partial charge >= 0.3 is 0 Å². The van der Waals surface area contributed by atoms with Crippen LogP contribution in [0.2, 0.25) is 0 Å². The van der Waals surface area contributed by atoms with Crippen molar-refractivity contribution in [3.63, 3.8) is 0 Å². The van der Waals surface area contributed by atoms with Crippen molar-refractivity contribution in [1.29, 1.82) is 0 Å². The maximum Gasteiger partial charge on any atom is 0.209 e. The minimum atomic E-state index is -1.20. The molecule has 2 aliphatic rings. The Bertz CT molecular complexity index is 699. The topological polar surface area (TPSA) is 30.7 Å². The molecule has 1 saturated carbocycles. The van der Waals surface area contributed by atoms with E-state index < -0.39 is 12.3 Å². The summed E-state index contributed by atoms with van der Waals surface area (Å²) in [4.78, 5) is 4.24. The first kappa shape index (κ1) is 14.1. The van der Waals surface area contributed by atoms with Crippen molar-refractivity contribution in [2.45, 2.75) is 48.1 Å². The van der Waals surface area contributed by atoms with Crippen LogP contribution >= 0.6 is 11.8 Å². The zero-order chi connectivity index (χ0) is 15.3. The molecular formula is C15H14F3N3S. The third-order valence-corrected chi connectivity index (χ3v) is 5.29. The SMILES string of the molecule is Fc1cccc([C@@H]2C[C@H](F)c3nc(S[C@H]4C[C@H](F)C4)nn32)c1. The predicted molar refractivity (Wildman–Crippen MR) is 76.8 cm³/mol. The molecular weight excluding hydrogens is 311 g/mol. The molecule has 0 spiro atoms. The summed E-state index contributed by atoms with van der Waals surface area (Å²) in [6.07, 6.45) is -0.715. The van der Waals surface area contributed by atoms with Gasteiger partial charge in [-0.2, -0.15) is 0 Å². The van der Waals surface area contributed by atoms with Gasteiger partial charge in [-0.1, -0.05) is 23.9 Å². The Balaban J connectivity index is 1.60. The summed E-state index contributed by atoms with van der Waals surface area (Å²) in [5, 5.41) is 5.01. The summed E-state index contributed by atoms with van der Waals surface area (Å²) < 4.78 is 42.0. The van der Waals surface area contributed by atoms with Crippen LogP contribution in [0.3, 0.4) is 0 Å². The molecule has 0 saturated heterocycles. The molecule has 7 heteroatoms. The number of nitrogens with zero attached hydrogens (tertiary/aromatic N) is 3. The molecule has 0 unspecified atom stereocenters. The van der Waals surface area contributed by atoms with Gasteiger partial charge < -0.3 is 0 Å². The lowest BCUT2D eigenvalue weighted by Crippen LogP contribution is -2.27. The van der Waals surface area contributed by atoms with Crippen LogP contribution in [0, 0.1) is 5.82 Å². The second-order valence-electron chi connectivity index (χ2n) is 5.78. The quantitative estimate of drug-likeness (QED) is 0.854. The highest BCUT2D eigenvalue weighted by molar-refractivity contribution is 7.99. The molecule has 1 aliphatic heterocycles. The molecule has 2 aromatic rings. The number of halogens is 3. The van der Waals surface area contributed by atoms with Gasteiger partial charge in [0.05, 0.1) is 6.04 Å². The molecule has 2 atom stereocenters. The summed E-state index contributed by atoms with van der Waals surface area (Å²) in [7, 11) is 0. The molecule has 1 aromatic carbocycles. The fourth-order valence-corrected chi connectivity index (χ4v) is 4.14. The summed E-state index contributed by atoms with van der Waals surface area (Å²) in [5.74, 6) is -0.0626. The standard InChI is InChI=1S/C15H14F3N3S/c16-9-3-1-2-8(4-9)13-7-12(18)14-19-15(20-21(13)14)22-11-5-10(17)6-11/h1-4,10-13H,5-7H2/t10-,11-,12-,13-/m0/s1. The average molecular weight is 325 g/mol. The Labute approximate surface area is 129 Å². The Morgan fingerprint density at radius 2 is 2.00 bits per heavy atom. The molecule has 0 amide bonds. The molecule has 116 valence electrons. The van der Waals surface area contributed by atoms with Gasteiger partial charge in [0.15, 0.2) is 12.0 Å². The van der Waals surface area contributed by atoms with Crippen LogP contribution in [0.15, 0.2) is 29.4 Å². The van der Waals surface area contributed by atoms with Gasteiger partial charge in [0, 0.05) is 11.7 Å². The zero-order valence-corrected chi connectivity index (χ0v) is 12.4. The fourth-order valence-electron chi connectivity index (χ4n) is 2.95. The molecule has 1 fully saturated rings. The van der Waals surface area contributed by atoms with Crippen molar-refractivity contribution >= 4 is 11.8 Å². The van der Waals surface area contributed by atoms with E-state index in [1.54, 1.807) is 16.8 Å². The average Bonchev–Trinajstić information content (AvgIpc) is 2.98. The van der Waals surface area contributed by atoms with E-state index in [0.29, 0.717) is 23.6 Å². The summed E-state index contributed by atoms with van der Waals surface area (Å²) in [5.41, 5.74) is 0.690. The second kappa shape index (κ2) is 5.30. The Hall–Kier alpha value is -1.50. The molecule has 4 rings (SSSR count). The molecule has 0 radical (unpaired) electrons. The van der Waals surface area contributed by atoms with E-state index in [4.69, 9.17) is 0 Å². The Kier molecular flexibility index (Phi) is 3.40. The highest BCUT2D eigenvalue weighted by Crippen LogP contribution is 2.42. The Morgan fingerprint density at radius 1 is 1.18 bits per heavy atom. The Morgan fingerprint density at radius 3 is 2.73 bits per heavy atom. The summed E-state index contributed by atoms with van der Waals surface area (Å²) in [6.45, 7) is 0. The third kappa shape index (κ3) is 2.41. The number of aromatic nitrogens is 3. The fraction of sp³-hybridized carbons (Fsp3) is 0.467. The van der Waals surface area contributed by atoms with Crippen LogP contribution in [0.1, 0.15) is 42.9 Å². The number of rotatable bonds is 3. The first-order valence-electron chi connectivity index (χ1n) is 7.27. The van der Waals surface area contributed by atoms with E-state index in [1.807, 2.05) is 0 Å². The van der Waals surface area contributed by atoms with E-state index in [2.05, 4.69) is 10.1 Å². The first-order valence-corrected chi connectivity index (χ1v) is 8.15. The van der Waals surface area contributed by atoms with E-state index in [0.717, 1.165) is 0 Å². The molecule has 0 N–H and O–H groups in total. The lowest BCUT2D eigenvalue weighted by atomic mass is 9.97. The monoisotopic (exact) mass is 325 g/mol. The van der Waals surface area contributed by atoms with E-state index in [9.17, 15) is 13.2 Å². The number of benzene rings is 1. The largest absolute Gasteiger partial charge is 0.247 e. The van der Waals surface area contributed by atoms with Gasteiger partial charge in [-0.05, 0) is 30.5 Å². The van der Waals surface area contributed by atoms with Crippen LogP contribution in [0.4, 0.5) is 13.2 Å². The predicted octanol–water partition coefficient (Wildman–Crippen LogP) is 4.01. The van der Waals surface area contributed by atoms with Crippen LogP contribution in [0.5, 0.6) is 0 Å². The number of thioether (sulfide) groups is 1.